The van der Waals surface area contributed by atoms with Crippen molar-refractivity contribution in [1.29, 1.82) is 0 Å². The molecular weight excluding hydrogens is 348 g/mol. The third-order valence-corrected chi connectivity index (χ3v) is 3.67. The lowest BCUT2D eigenvalue weighted by molar-refractivity contribution is -0.385. The summed E-state index contributed by atoms with van der Waals surface area (Å²) in [6.07, 6.45) is 1.31. The molecule has 3 rings (SSSR count). The summed E-state index contributed by atoms with van der Waals surface area (Å²) in [6, 6.07) is 10.8. The van der Waals surface area contributed by atoms with Crippen LogP contribution in [0.15, 0.2) is 53.2 Å². The zero-order valence-electron chi connectivity index (χ0n) is 12.9. The van der Waals surface area contributed by atoms with Gasteiger partial charge in [-0.1, -0.05) is 23.7 Å². The number of nitrogens with zero attached hydrogens (tertiary/aromatic N) is 2. The van der Waals surface area contributed by atoms with Gasteiger partial charge in [-0.3, -0.25) is 10.1 Å². The molecule has 1 aliphatic heterocycles. The van der Waals surface area contributed by atoms with Crippen LogP contribution < -0.4 is 4.74 Å². The molecule has 0 bridgehead atoms. The van der Waals surface area contributed by atoms with Crippen LogP contribution in [0.2, 0.25) is 5.02 Å². The van der Waals surface area contributed by atoms with Crippen molar-refractivity contribution in [2.45, 2.75) is 0 Å². The van der Waals surface area contributed by atoms with Gasteiger partial charge in [0.1, 0.15) is 5.75 Å². The number of rotatable bonds is 4. The fraction of sp³-hybridized carbons (Fsp3) is 0.0588. The fourth-order valence-electron chi connectivity index (χ4n) is 2.29. The highest BCUT2D eigenvalue weighted by Gasteiger charge is 2.27. The maximum atomic E-state index is 12.1. The Morgan fingerprint density at radius 1 is 1.28 bits per heavy atom. The van der Waals surface area contributed by atoms with Gasteiger partial charge < -0.3 is 9.47 Å². The molecule has 0 amide bonds. The quantitative estimate of drug-likeness (QED) is 0.360. The number of cyclic esters (lactones) is 1. The Kier molecular flexibility index (Phi) is 4.49. The van der Waals surface area contributed by atoms with Gasteiger partial charge in [0.15, 0.2) is 5.70 Å². The normalized spacial score (nSPS) is 15.0. The average molecular weight is 359 g/mol. The van der Waals surface area contributed by atoms with E-state index in [2.05, 4.69) is 4.99 Å². The van der Waals surface area contributed by atoms with Crippen LogP contribution in [0.4, 0.5) is 5.69 Å². The second kappa shape index (κ2) is 6.74. The van der Waals surface area contributed by atoms with Gasteiger partial charge in [0.05, 0.1) is 23.2 Å². The van der Waals surface area contributed by atoms with E-state index >= 15 is 0 Å². The number of hydrogen-bond donors (Lipinski definition) is 0. The standard InChI is InChI=1S/C17H11ClN2O5/c1-24-15-7-6-11(18)9-12(15)16-19-13(17(21)25-16)8-10-4-2-3-5-14(10)20(22)23/h2-9H,1H3. The van der Waals surface area contributed by atoms with Crippen molar-refractivity contribution in [3.05, 3.63) is 74.4 Å². The van der Waals surface area contributed by atoms with E-state index < -0.39 is 10.9 Å². The minimum absolute atomic E-state index is 0.0224. The van der Waals surface area contributed by atoms with E-state index in [0.29, 0.717) is 16.3 Å². The molecule has 1 heterocycles. The lowest BCUT2D eigenvalue weighted by Gasteiger charge is -2.07. The SMILES string of the molecule is COc1ccc(Cl)cc1C1=NC(=Cc2ccccc2[N+](=O)[O-])C(=O)O1. The van der Waals surface area contributed by atoms with Crippen LogP contribution in [0.5, 0.6) is 5.75 Å². The lowest BCUT2D eigenvalue weighted by atomic mass is 10.1. The Morgan fingerprint density at radius 3 is 2.76 bits per heavy atom. The molecule has 25 heavy (non-hydrogen) atoms. The van der Waals surface area contributed by atoms with Gasteiger partial charge >= 0.3 is 5.97 Å². The number of benzene rings is 2. The minimum atomic E-state index is -0.713. The van der Waals surface area contributed by atoms with Crippen molar-refractivity contribution >= 4 is 35.2 Å². The molecule has 126 valence electrons. The third-order valence-electron chi connectivity index (χ3n) is 3.44. The lowest BCUT2D eigenvalue weighted by Crippen LogP contribution is -2.07. The molecule has 2 aromatic carbocycles. The molecule has 0 radical (unpaired) electrons. The van der Waals surface area contributed by atoms with E-state index in [1.807, 2.05) is 0 Å². The molecule has 2 aromatic rings. The van der Waals surface area contributed by atoms with Gasteiger partial charge in [0.25, 0.3) is 5.69 Å². The number of carbonyl (C=O) groups is 1. The number of hydrogen-bond acceptors (Lipinski definition) is 6. The summed E-state index contributed by atoms with van der Waals surface area (Å²) in [4.78, 5) is 26.8. The highest BCUT2D eigenvalue weighted by atomic mass is 35.5. The number of carbonyl (C=O) groups excluding carboxylic acids is 1. The Hall–Kier alpha value is -3.19. The summed E-state index contributed by atoms with van der Waals surface area (Å²) in [5.41, 5.74) is 0.481. The van der Waals surface area contributed by atoms with Crippen LogP contribution in [0.1, 0.15) is 11.1 Å². The van der Waals surface area contributed by atoms with E-state index in [0.717, 1.165) is 0 Å². The van der Waals surface area contributed by atoms with Crippen LogP contribution in [-0.2, 0) is 9.53 Å². The first kappa shape index (κ1) is 16.7. The van der Waals surface area contributed by atoms with Gasteiger partial charge in [0, 0.05) is 11.1 Å². The summed E-state index contributed by atoms with van der Waals surface area (Å²) in [5, 5.41) is 11.5. The van der Waals surface area contributed by atoms with E-state index in [1.165, 1.54) is 25.3 Å². The summed E-state index contributed by atoms with van der Waals surface area (Å²) in [5.74, 6) is -0.257. The molecule has 8 heteroatoms. The molecule has 0 aliphatic carbocycles. The predicted molar refractivity (Wildman–Crippen MR) is 91.7 cm³/mol. The Morgan fingerprint density at radius 2 is 2.04 bits per heavy atom. The minimum Gasteiger partial charge on any atom is -0.496 e. The smallest absolute Gasteiger partial charge is 0.363 e. The van der Waals surface area contributed by atoms with Crippen LogP contribution >= 0.6 is 11.6 Å². The van der Waals surface area contributed by atoms with Crippen molar-refractivity contribution < 1.29 is 19.2 Å². The summed E-state index contributed by atoms with van der Waals surface area (Å²) in [7, 11) is 1.47. The van der Waals surface area contributed by atoms with Crippen LogP contribution in [0.3, 0.4) is 0 Å². The van der Waals surface area contributed by atoms with E-state index in [1.54, 1.807) is 30.3 Å². The molecule has 0 N–H and O–H groups in total. The first-order valence-corrected chi connectivity index (χ1v) is 7.47. The molecule has 7 nitrogen and oxygen atoms in total. The monoisotopic (exact) mass is 358 g/mol. The van der Waals surface area contributed by atoms with Gasteiger partial charge in [-0.05, 0) is 30.3 Å². The largest absolute Gasteiger partial charge is 0.496 e. The molecular formula is C17H11ClN2O5. The first-order valence-electron chi connectivity index (χ1n) is 7.09. The maximum Gasteiger partial charge on any atom is 0.363 e. The number of nitro benzene ring substituents is 1. The second-order valence-electron chi connectivity index (χ2n) is 5.00. The Bertz CT molecular complexity index is 936. The first-order chi connectivity index (χ1) is 12.0. The molecule has 1 aliphatic rings. The van der Waals surface area contributed by atoms with E-state index in [4.69, 9.17) is 21.1 Å². The van der Waals surface area contributed by atoms with Crippen LogP contribution in [-0.4, -0.2) is 23.9 Å². The molecule has 0 spiro atoms. The van der Waals surface area contributed by atoms with Gasteiger partial charge in [0.2, 0.25) is 5.90 Å². The van der Waals surface area contributed by atoms with E-state index in [-0.39, 0.29) is 22.8 Å². The molecule has 0 atom stereocenters. The van der Waals surface area contributed by atoms with Crippen molar-refractivity contribution in [3.8, 4) is 5.75 Å². The van der Waals surface area contributed by atoms with E-state index in [9.17, 15) is 14.9 Å². The van der Waals surface area contributed by atoms with Gasteiger partial charge in [-0.2, -0.15) is 0 Å². The van der Waals surface area contributed by atoms with Crippen LogP contribution in [0, 0.1) is 10.1 Å². The average Bonchev–Trinajstić information content (AvgIpc) is 2.96. The van der Waals surface area contributed by atoms with Crippen molar-refractivity contribution in [2.24, 2.45) is 4.99 Å². The molecule has 0 saturated carbocycles. The zero-order valence-corrected chi connectivity index (χ0v) is 13.7. The number of aliphatic imine (C=N–C) groups is 1. The van der Waals surface area contributed by atoms with Gasteiger partial charge in [-0.25, -0.2) is 9.79 Å². The summed E-state index contributed by atoms with van der Waals surface area (Å²) >= 11 is 5.97. The van der Waals surface area contributed by atoms with Gasteiger partial charge in [-0.15, -0.1) is 0 Å². The number of ether oxygens (including phenoxy) is 2. The van der Waals surface area contributed by atoms with Crippen molar-refractivity contribution in [2.75, 3.05) is 7.11 Å². The number of methoxy groups -OCH3 is 1. The topological polar surface area (TPSA) is 91.0 Å². The maximum absolute atomic E-state index is 12.1. The Balaban J connectivity index is 2.05. The number of halogens is 1. The fourth-order valence-corrected chi connectivity index (χ4v) is 2.47. The summed E-state index contributed by atoms with van der Waals surface area (Å²) < 4.78 is 10.4. The number of para-hydroxylation sites is 1. The number of nitro groups is 1. The molecule has 0 fully saturated rings. The molecule has 0 unspecified atom stereocenters. The second-order valence-corrected chi connectivity index (χ2v) is 5.43. The highest BCUT2D eigenvalue weighted by Crippen LogP contribution is 2.29. The third kappa shape index (κ3) is 3.36. The molecule has 0 saturated heterocycles. The number of esters is 1. The van der Waals surface area contributed by atoms with Crippen molar-refractivity contribution in [3.63, 3.8) is 0 Å². The highest BCUT2D eigenvalue weighted by molar-refractivity contribution is 6.31. The summed E-state index contributed by atoms with van der Waals surface area (Å²) in [6.45, 7) is 0. The zero-order chi connectivity index (χ0) is 18.0. The Labute approximate surface area is 147 Å². The van der Waals surface area contributed by atoms with Crippen LogP contribution in [0.25, 0.3) is 6.08 Å². The predicted octanol–water partition coefficient (Wildman–Crippen LogP) is 3.60. The van der Waals surface area contributed by atoms with Crippen molar-refractivity contribution in [1.82, 2.24) is 0 Å². The molecule has 0 aromatic heterocycles.